The molecule has 2 aromatic heterocycles. The van der Waals surface area contributed by atoms with Gasteiger partial charge in [-0.15, -0.1) is 11.3 Å². The normalized spacial score (nSPS) is 10.4. The molecule has 0 radical (unpaired) electrons. The van der Waals surface area contributed by atoms with E-state index in [-0.39, 0.29) is 5.69 Å². The summed E-state index contributed by atoms with van der Waals surface area (Å²) in [7, 11) is 0. The van der Waals surface area contributed by atoms with Crippen LogP contribution in [0.1, 0.15) is 16.2 Å². The monoisotopic (exact) mass is 210 g/mol. The number of carboxylic acids is 1. The summed E-state index contributed by atoms with van der Waals surface area (Å²) in [6.45, 7) is 1.77. The van der Waals surface area contributed by atoms with Crippen molar-refractivity contribution in [2.75, 3.05) is 0 Å². The highest BCUT2D eigenvalue weighted by molar-refractivity contribution is 7.13. The lowest BCUT2D eigenvalue weighted by molar-refractivity contribution is 0.0691. The number of thiazole rings is 1. The number of aromatic nitrogens is 2. The van der Waals surface area contributed by atoms with Gasteiger partial charge >= 0.3 is 5.97 Å². The van der Waals surface area contributed by atoms with Gasteiger partial charge < -0.3 is 9.63 Å². The van der Waals surface area contributed by atoms with Gasteiger partial charge in [-0.1, -0.05) is 5.16 Å². The van der Waals surface area contributed by atoms with Gasteiger partial charge in [0, 0.05) is 11.4 Å². The maximum atomic E-state index is 10.6. The molecule has 2 aromatic rings. The predicted molar refractivity (Wildman–Crippen MR) is 49.3 cm³/mol. The summed E-state index contributed by atoms with van der Waals surface area (Å²) in [5.74, 6) is -0.361. The van der Waals surface area contributed by atoms with Gasteiger partial charge in [0.05, 0.1) is 0 Å². The van der Waals surface area contributed by atoms with E-state index in [1.165, 1.54) is 16.7 Å². The molecule has 2 rings (SSSR count). The third-order valence-electron chi connectivity index (χ3n) is 1.57. The van der Waals surface area contributed by atoms with E-state index >= 15 is 0 Å². The molecule has 72 valence electrons. The highest BCUT2D eigenvalue weighted by Crippen LogP contribution is 2.22. The zero-order valence-corrected chi connectivity index (χ0v) is 8.04. The number of hydrogen-bond donors (Lipinski definition) is 1. The number of hydrogen-bond acceptors (Lipinski definition) is 5. The summed E-state index contributed by atoms with van der Waals surface area (Å²) < 4.78 is 4.86. The zero-order chi connectivity index (χ0) is 10.1. The quantitative estimate of drug-likeness (QED) is 0.817. The molecule has 0 saturated carbocycles. The molecule has 0 bridgehead atoms. The van der Waals surface area contributed by atoms with E-state index in [9.17, 15) is 4.79 Å². The molecule has 0 atom stereocenters. The van der Waals surface area contributed by atoms with Crippen LogP contribution in [0.2, 0.25) is 0 Å². The lowest BCUT2D eigenvalue weighted by Crippen LogP contribution is -1.95. The maximum absolute atomic E-state index is 10.6. The van der Waals surface area contributed by atoms with E-state index in [4.69, 9.17) is 9.63 Å². The molecular weight excluding hydrogens is 204 g/mol. The van der Waals surface area contributed by atoms with E-state index in [0.717, 1.165) is 0 Å². The topological polar surface area (TPSA) is 76.2 Å². The maximum Gasteiger partial charge on any atom is 0.355 e. The van der Waals surface area contributed by atoms with Crippen molar-refractivity contribution in [3.05, 3.63) is 22.9 Å². The summed E-state index contributed by atoms with van der Waals surface area (Å²) in [4.78, 5) is 14.4. The molecule has 0 saturated heterocycles. The number of aromatic carboxylic acids is 1. The fourth-order valence-corrected chi connectivity index (χ4v) is 1.70. The van der Waals surface area contributed by atoms with Crippen LogP contribution in [0.5, 0.6) is 0 Å². The second-order valence-corrected chi connectivity index (χ2v) is 3.52. The Balaban J connectivity index is 2.38. The van der Waals surface area contributed by atoms with Gasteiger partial charge in [-0.3, -0.25) is 0 Å². The number of carboxylic acid groups (broad SMARTS) is 1. The molecule has 0 fully saturated rings. The van der Waals surface area contributed by atoms with Gasteiger partial charge in [-0.05, 0) is 6.92 Å². The molecule has 2 heterocycles. The van der Waals surface area contributed by atoms with Crippen molar-refractivity contribution in [1.82, 2.24) is 10.1 Å². The Morgan fingerprint density at radius 2 is 2.43 bits per heavy atom. The van der Waals surface area contributed by atoms with E-state index in [2.05, 4.69) is 10.1 Å². The molecule has 6 heteroatoms. The van der Waals surface area contributed by atoms with Crippen LogP contribution in [0, 0.1) is 6.92 Å². The lowest BCUT2D eigenvalue weighted by Gasteiger charge is -1.83. The molecule has 0 aliphatic heterocycles. The van der Waals surface area contributed by atoms with E-state index in [0.29, 0.717) is 16.5 Å². The fourth-order valence-electron chi connectivity index (χ4n) is 0.957. The molecule has 0 amide bonds. The van der Waals surface area contributed by atoms with Gasteiger partial charge in [-0.25, -0.2) is 9.78 Å². The first kappa shape index (κ1) is 8.89. The number of rotatable bonds is 2. The van der Waals surface area contributed by atoms with E-state index in [1.807, 2.05) is 0 Å². The third-order valence-corrected chi connectivity index (χ3v) is 2.44. The first-order valence-corrected chi connectivity index (χ1v) is 4.67. The van der Waals surface area contributed by atoms with Crippen molar-refractivity contribution in [2.24, 2.45) is 0 Å². The molecule has 0 aliphatic carbocycles. The fraction of sp³-hybridized carbons (Fsp3) is 0.125. The Morgan fingerprint density at radius 3 is 2.93 bits per heavy atom. The average molecular weight is 210 g/mol. The van der Waals surface area contributed by atoms with Gasteiger partial charge in [0.1, 0.15) is 16.5 Å². The third kappa shape index (κ3) is 1.51. The minimum absolute atomic E-state index is 0.0330. The molecular formula is C8H6N2O3S. The van der Waals surface area contributed by atoms with E-state index < -0.39 is 5.97 Å². The summed E-state index contributed by atoms with van der Waals surface area (Å²) in [6.07, 6.45) is 0. The van der Waals surface area contributed by atoms with Crippen LogP contribution >= 0.6 is 11.3 Å². The van der Waals surface area contributed by atoms with Crippen LogP contribution in [0.15, 0.2) is 16.0 Å². The first-order chi connectivity index (χ1) is 6.66. The van der Waals surface area contributed by atoms with Gasteiger partial charge in [-0.2, -0.15) is 0 Å². The van der Waals surface area contributed by atoms with Crippen molar-refractivity contribution in [3.8, 4) is 10.7 Å². The van der Waals surface area contributed by atoms with Gasteiger partial charge in [0.25, 0.3) is 0 Å². The minimum atomic E-state index is -1.03. The second-order valence-electron chi connectivity index (χ2n) is 2.67. The predicted octanol–water partition coefficient (Wildman–Crippen LogP) is 1.80. The summed E-state index contributed by atoms with van der Waals surface area (Å²) in [5, 5.41) is 14.4. The molecule has 14 heavy (non-hydrogen) atoms. The average Bonchev–Trinajstić information content (AvgIpc) is 2.70. The van der Waals surface area contributed by atoms with E-state index in [1.54, 1.807) is 13.0 Å². The zero-order valence-electron chi connectivity index (χ0n) is 7.22. The number of carbonyl (C=O) groups is 1. The van der Waals surface area contributed by atoms with Crippen LogP contribution in [0.25, 0.3) is 10.7 Å². The van der Waals surface area contributed by atoms with Gasteiger partial charge in [0.2, 0.25) is 0 Å². The molecule has 5 nitrogen and oxygen atoms in total. The van der Waals surface area contributed by atoms with Crippen LogP contribution in [-0.2, 0) is 0 Å². The van der Waals surface area contributed by atoms with Crippen LogP contribution in [0.3, 0.4) is 0 Å². The first-order valence-electron chi connectivity index (χ1n) is 3.79. The Morgan fingerprint density at radius 1 is 1.64 bits per heavy atom. The van der Waals surface area contributed by atoms with Crippen LogP contribution in [0.4, 0.5) is 0 Å². The standard InChI is InChI=1S/C8H6N2O3S/c1-4-2-5(10-13-4)7-9-6(3-14-7)8(11)12/h2-3H,1H3,(H,11,12). The van der Waals surface area contributed by atoms with Crippen molar-refractivity contribution in [2.45, 2.75) is 6.92 Å². The van der Waals surface area contributed by atoms with Crippen molar-refractivity contribution >= 4 is 17.3 Å². The molecule has 0 aliphatic rings. The Bertz CT molecular complexity index is 474. The van der Waals surface area contributed by atoms with Crippen molar-refractivity contribution in [3.63, 3.8) is 0 Å². The number of nitrogens with zero attached hydrogens (tertiary/aromatic N) is 2. The van der Waals surface area contributed by atoms with Gasteiger partial charge in [0.15, 0.2) is 5.69 Å². The Hall–Kier alpha value is -1.69. The van der Waals surface area contributed by atoms with Crippen molar-refractivity contribution in [1.29, 1.82) is 0 Å². The highest BCUT2D eigenvalue weighted by atomic mass is 32.1. The minimum Gasteiger partial charge on any atom is -0.476 e. The molecule has 1 N–H and O–H groups in total. The van der Waals surface area contributed by atoms with Crippen molar-refractivity contribution < 1.29 is 14.4 Å². The Labute approximate surface area is 83.0 Å². The van der Waals surface area contributed by atoms with Crippen LogP contribution in [-0.4, -0.2) is 21.2 Å². The smallest absolute Gasteiger partial charge is 0.355 e. The second kappa shape index (κ2) is 3.22. The van der Waals surface area contributed by atoms with Crippen LogP contribution < -0.4 is 0 Å². The summed E-state index contributed by atoms with van der Waals surface area (Å²) in [6, 6.07) is 1.71. The molecule has 0 unspecified atom stereocenters. The molecule has 0 spiro atoms. The summed E-state index contributed by atoms with van der Waals surface area (Å²) in [5.41, 5.74) is 0.602. The Kier molecular flexibility index (Phi) is 2.05. The largest absolute Gasteiger partial charge is 0.476 e. The SMILES string of the molecule is Cc1cc(-c2nc(C(=O)O)cs2)no1. The highest BCUT2D eigenvalue weighted by Gasteiger charge is 2.12. The lowest BCUT2D eigenvalue weighted by atomic mass is 10.4. The number of aryl methyl sites for hydroxylation is 1. The summed E-state index contributed by atoms with van der Waals surface area (Å²) >= 11 is 1.23. The molecule has 0 aromatic carbocycles.